The van der Waals surface area contributed by atoms with Gasteiger partial charge in [-0.2, -0.15) is 0 Å². The van der Waals surface area contributed by atoms with Crippen molar-refractivity contribution in [2.24, 2.45) is 5.92 Å². The van der Waals surface area contributed by atoms with E-state index in [-0.39, 0.29) is 39.8 Å². The number of ether oxygens (including phenoxy) is 1. The van der Waals surface area contributed by atoms with Crippen LogP contribution in [0.1, 0.15) is 57.9 Å². The van der Waals surface area contributed by atoms with Gasteiger partial charge >= 0.3 is 5.97 Å². The fourth-order valence-corrected chi connectivity index (χ4v) is 4.10. The first-order chi connectivity index (χ1) is 13.8. The van der Waals surface area contributed by atoms with Gasteiger partial charge in [-0.1, -0.05) is 46.2 Å². The van der Waals surface area contributed by atoms with Gasteiger partial charge in [0.15, 0.2) is 8.32 Å². The van der Waals surface area contributed by atoms with Gasteiger partial charge in [0.25, 0.3) is 0 Å². The molecule has 0 saturated heterocycles. The summed E-state index contributed by atoms with van der Waals surface area (Å²) in [5.74, 6) is -0.473. The SMILES string of the molecule is CCOC(=O)c1cn([C@H](CO[Si](C)(C)C(C)(C)C)C(C)C)c2ccc(Cl)nc2c1=O. The zero-order valence-electron chi connectivity index (χ0n) is 19.2. The van der Waals surface area contributed by atoms with Gasteiger partial charge in [-0.05, 0) is 43.1 Å². The average Bonchev–Trinajstić information content (AvgIpc) is 2.62. The number of esters is 1. The highest BCUT2D eigenvalue weighted by atomic mass is 35.5. The van der Waals surface area contributed by atoms with Crippen molar-refractivity contribution in [2.75, 3.05) is 13.2 Å². The molecule has 6 nitrogen and oxygen atoms in total. The molecule has 0 N–H and O–H groups in total. The van der Waals surface area contributed by atoms with E-state index in [9.17, 15) is 9.59 Å². The molecule has 0 bridgehead atoms. The molecule has 2 aromatic heterocycles. The van der Waals surface area contributed by atoms with Gasteiger partial charge in [0.05, 0.1) is 24.8 Å². The van der Waals surface area contributed by atoms with Crippen LogP contribution >= 0.6 is 11.6 Å². The number of carbonyl (C=O) groups is 1. The number of carbonyl (C=O) groups excluding carboxylic acids is 1. The summed E-state index contributed by atoms with van der Waals surface area (Å²) in [4.78, 5) is 29.6. The van der Waals surface area contributed by atoms with E-state index < -0.39 is 19.7 Å². The molecule has 2 rings (SSSR count). The van der Waals surface area contributed by atoms with Gasteiger partial charge in [0.1, 0.15) is 16.2 Å². The Kier molecular flexibility index (Phi) is 7.53. The van der Waals surface area contributed by atoms with Crippen molar-refractivity contribution < 1.29 is 14.0 Å². The largest absolute Gasteiger partial charge is 0.462 e. The summed E-state index contributed by atoms with van der Waals surface area (Å²) in [5.41, 5.74) is 0.258. The molecule has 30 heavy (non-hydrogen) atoms. The summed E-state index contributed by atoms with van der Waals surface area (Å²) in [6, 6.07) is 3.32. The smallest absolute Gasteiger partial charge is 0.343 e. The molecule has 166 valence electrons. The van der Waals surface area contributed by atoms with E-state index in [1.807, 2.05) is 4.57 Å². The number of aromatic nitrogens is 2. The van der Waals surface area contributed by atoms with Crippen LogP contribution < -0.4 is 5.43 Å². The van der Waals surface area contributed by atoms with E-state index in [1.165, 1.54) is 0 Å². The third-order valence-corrected chi connectivity index (χ3v) is 10.6. The fraction of sp³-hybridized carbons (Fsp3) is 0.591. The summed E-state index contributed by atoms with van der Waals surface area (Å²) in [6.45, 7) is 17.6. The Hall–Kier alpha value is -1.70. The van der Waals surface area contributed by atoms with Crippen LogP contribution in [0.25, 0.3) is 11.0 Å². The summed E-state index contributed by atoms with van der Waals surface area (Å²) >= 11 is 6.05. The topological polar surface area (TPSA) is 70.4 Å². The molecule has 0 aromatic carbocycles. The summed E-state index contributed by atoms with van der Waals surface area (Å²) in [5, 5.41) is 0.275. The predicted octanol–water partition coefficient (Wildman–Crippen LogP) is 5.45. The number of pyridine rings is 2. The second-order valence-electron chi connectivity index (χ2n) is 9.38. The molecule has 1 atom stereocenters. The lowest BCUT2D eigenvalue weighted by molar-refractivity contribution is 0.0523. The molecule has 0 aliphatic carbocycles. The number of hydrogen-bond acceptors (Lipinski definition) is 5. The lowest BCUT2D eigenvalue weighted by atomic mass is 10.0. The first-order valence-corrected chi connectivity index (χ1v) is 13.6. The molecule has 2 heterocycles. The Balaban J connectivity index is 2.64. The van der Waals surface area contributed by atoms with Crippen LogP contribution in [0.2, 0.25) is 23.3 Å². The minimum absolute atomic E-state index is 0.0444. The van der Waals surface area contributed by atoms with E-state index >= 15 is 0 Å². The van der Waals surface area contributed by atoms with E-state index in [0.717, 1.165) is 0 Å². The quantitative estimate of drug-likeness (QED) is 0.317. The molecule has 0 saturated carbocycles. The molecular formula is C22H33ClN2O4Si. The zero-order chi connectivity index (χ0) is 22.9. The van der Waals surface area contributed by atoms with E-state index in [0.29, 0.717) is 12.1 Å². The minimum Gasteiger partial charge on any atom is -0.462 e. The van der Waals surface area contributed by atoms with Gasteiger partial charge in [-0.15, -0.1) is 0 Å². The lowest BCUT2D eigenvalue weighted by Crippen LogP contribution is -2.42. The second kappa shape index (κ2) is 9.20. The Morgan fingerprint density at radius 2 is 1.90 bits per heavy atom. The molecule has 0 aliphatic rings. The molecule has 0 radical (unpaired) electrons. The monoisotopic (exact) mass is 452 g/mol. The van der Waals surface area contributed by atoms with Crippen molar-refractivity contribution in [3.8, 4) is 0 Å². The number of hydrogen-bond donors (Lipinski definition) is 0. The predicted molar refractivity (Wildman–Crippen MR) is 124 cm³/mol. The van der Waals surface area contributed by atoms with Crippen molar-refractivity contribution in [2.45, 2.75) is 65.7 Å². The number of rotatable bonds is 7. The Morgan fingerprint density at radius 3 is 2.43 bits per heavy atom. The van der Waals surface area contributed by atoms with Crippen molar-refractivity contribution in [1.82, 2.24) is 9.55 Å². The highest BCUT2D eigenvalue weighted by molar-refractivity contribution is 6.74. The number of nitrogens with zero attached hydrogens (tertiary/aromatic N) is 2. The van der Waals surface area contributed by atoms with Gasteiger partial charge in [-0.3, -0.25) is 4.79 Å². The number of halogens is 1. The molecular weight excluding hydrogens is 420 g/mol. The Bertz CT molecular complexity index is 979. The van der Waals surface area contributed by atoms with Crippen molar-refractivity contribution in [3.05, 3.63) is 39.3 Å². The van der Waals surface area contributed by atoms with Crippen LogP contribution in [-0.2, 0) is 9.16 Å². The molecule has 0 aliphatic heterocycles. The molecule has 0 fully saturated rings. The maximum absolute atomic E-state index is 12.9. The Morgan fingerprint density at radius 1 is 1.27 bits per heavy atom. The van der Waals surface area contributed by atoms with Crippen molar-refractivity contribution in [1.29, 1.82) is 0 Å². The standard InChI is InChI=1S/C22H33ClN2O4Si/c1-9-28-21(27)15-12-25(16-10-11-18(23)24-19(16)20(15)26)17(14(2)3)13-29-30(7,8)22(4,5)6/h10-12,14,17H,9,13H2,1-8H3/t17-/m1/s1. The molecule has 0 unspecified atom stereocenters. The summed E-state index contributed by atoms with van der Waals surface area (Å²) in [6.07, 6.45) is 1.58. The van der Waals surface area contributed by atoms with E-state index in [1.54, 1.807) is 25.3 Å². The van der Waals surface area contributed by atoms with Gasteiger partial charge in [-0.25, -0.2) is 9.78 Å². The van der Waals surface area contributed by atoms with Gasteiger partial charge in [0, 0.05) is 6.20 Å². The van der Waals surface area contributed by atoms with Crippen LogP contribution in [0.3, 0.4) is 0 Å². The maximum Gasteiger partial charge on any atom is 0.343 e. The second-order valence-corrected chi connectivity index (χ2v) is 14.6. The van der Waals surface area contributed by atoms with E-state index in [2.05, 4.69) is 52.7 Å². The molecule has 0 spiro atoms. The third kappa shape index (κ3) is 5.13. The van der Waals surface area contributed by atoms with Crippen molar-refractivity contribution >= 4 is 36.9 Å². The fourth-order valence-electron chi connectivity index (χ4n) is 2.93. The average molecular weight is 453 g/mol. The summed E-state index contributed by atoms with van der Waals surface area (Å²) < 4.78 is 13.5. The molecule has 0 amide bonds. The molecule has 2 aromatic rings. The molecule has 8 heteroatoms. The van der Waals surface area contributed by atoms with E-state index in [4.69, 9.17) is 20.8 Å². The van der Waals surface area contributed by atoms with Crippen LogP contribution in [-0.4, -0.2) is 37.1 Å². The highest BCUT2D eigenvalue weighted by Crippen LogP contribution is 2.37. The first-order valence-electron chi connectivity index (χ1n) is 10.3. The first kappa shape index (κ1) is 24.6. The maximum atomic E-state index is 12.9. The summed E-state index contributed by atoms with van der Waals surface area (Å²) in [7, 11) is -1.99. The van der Waals surface area contributed by atoms with Crippen LogP contribution in [0.4, 0.5) is 0 Å². The zero-order valence-corrected chi connectivity index (χ0v) is 21.0. The van der Waals surface area contributed by atoms with Crippen LogP contribution in [0.15, 0.2) is 23.1 Å². The normalized spacial score (nSPS) is 13.7. The van der Waals surface area contributed by atoms with Crippen LogP contribution in [0.5, 0.6) is 0 Å². The van der Waals surface area contributed by atoms with Gasteiger partial charge in [0.2, 0.25) is 5.43 Å². The van der Waals surface area contributed by atoms with Crippen LogP contribution in [0, 0.1) is 5.92 Å². The lowest BCUT2D eigenvalue weighted by Gasteiger charge is -2.38. The van der Waals surface area contributed by atoms with Crippen molar-refractivity contribution in [3.63, 3.8) is 0 Å². The third-order valence-electron chi connectivity index (χ3n) is 5.89. The highest BCUT2D eigenvalue weighted by Gasteiger charge is 2.38. The minimum atomic E-state index is -1.99. The van der Waals surface area contributed by atoms with Gasteiger partial charge < -0.3 is 13.7 Å². The Labute approximate surface area is 184 Å². The number of fused-ring (bicyclic) bond motifs is 1.